The topological polar surface area (TPSA) is 360 Å². The first kappa shape index (κ1) is 47.9. The van der Waals surface area contributed by atoms with E-state index >= 15 is 0 Å². The Morgan fingerprint density at radius 2 is 1.64 bits per heavy atom. The first-order valence-corrected chi connectivity index (χ1v) is 15.3. The number of nitrogen functional groups attached to an aromatic ring is 1. The molecule has 2 heterocycles. The number of hydrogen-bond donors (Lipinski definition) is 10. The van der Waals surface area contributed by atoms with Crippen LogP contribution < -0.4 is 61.9 Å². The Morgan fingerprint density at radius 3 is 2.15 bits per heavy atom. The molecule has 0 saturated heterocycles. The van der Waals surface area contributed by atoms with Crippen molar-refractivity contribution in [2.24, 2.45) is 5.41 Å². The molecule has 2 unspecified atom stereocenters. The SMILES string of the molecule is CC(=O)C(=O)[O-].CC(C)(CO)C(O)C(=O)NCCCO.Nc1nc2ncc(CNc3ccc(C(=O)NC(CCC(=O)O)C(=O)O)cc3)nc2c(=O)[nH]1.[Na+]. The summed E-state index contributed by atoms with van der Waals surface area (Å²) in [6.07, 6.45) is 0.0663. The summed E-state index contributed by atoms with van der Waals surface area (Å²) in [5, 5.41) is 61.8. The molecular weight excluding hydrogens is 715 g/mol. The van der Waals surface area contributed by atoms with Crippen LogP contribution in [-0.4, -0.2) is 113 Å². The zero-order valence-corrected chi connectivity index (χ0v) is 31.4. The summed E-state index contributed by atoms with van der Waals surface area (Å²) >= 11 is 0. The number of aromatic nitrogens is 4. The van der Waals surface area contributed by atoms with E-state index in [1.807, 2.05) is 0 Å². The molecule has 11 N–H and O–H groups in total. The van der Waals surface area contributed by atoms with E-state index in [-0.39, 0.29) is 84.8 Å². The van der Waals surface area contributed by atoms with Crippen molar-refractivity contribution in [3.63, 3.8) is 0 Å². The molecule has 1 aromatic carbocycles. The Hall–Kier alpha value is -5.06. The third-order valence-electron chi connectivity index (χ3n) is 6.67. The number of rotatable bonds is 16. The molecular formula is C31H41N8NaO13. The first-order valence-electron chi connectivity index (χ1n) is 15.3. The van der Waals surface area contributed by atoms with Gasteiger partial charge in [-0.25, -0.2) is 14.8 Å². The normalized spacial score (nSPS) is 11.5. The Kier molecular flexibility index (Phi) is 21.2. The summed E-state index contributed by atoms with van der Waals surface area (Å²) in [6, 6.07) is 4.86. The number of nitrogens with two attached hydrogens (primary N) is 1. The Morgan fingerprint density at radius 1 is 1.04 bits per heavy atom. The van der Waals surface area contributed by atoms with Gasteiger partial charge in [-0.2, -0.15) is 4.98 Å². The van der Waals surface area contributed by atoms with Gasteiger partial charge in [-0.1, -0.05) is 13.8 Å². The molecule has 0 saturated carbocycles. The minimum atomic E-state index is -1.63. The number of benzene rings is 1. The summed E-state index contributed by atoms with van der Waals surface area (Å²) in [7, 11) is 0. The molecule has 53 heavy (non-hydrogen) atoms. The molecule has 2 amide bonds. The molecule has 0 spiro atoms. The number of aromatic amines is 1. The van der Waals surface area contributed by atoms with Gasteiger partial charge in [0.2, 0.25) is 11.9 Å². The minimum Gasteiger partial charge on any atom is -0.542 e. The largest absolute Gasteiger partial charge is 1.00 e. The number of hydrogen-bond acceptors (Lipinski definition) is 16. The number of carbonyl (C=O) groups is 6. The van der Waals surface area contributed by atoms with Gasteiger partial charge in [0.1, 0.15) is 18.1 Å². The van der Waals surface area contributed by atoms with Crippen molar-refractivity contribution in [1.82, 2.24) is 30.6 Å². The third kappa shape index (κ3) is 17.3. The Labute approximate surface area is 323 Å². The number of H-pyrrole nitrogens is 1. The average molecular weight is 757 g/mol. The van der Waals surface area contributed by atoms with Crippen molar-refractivity contribution in [1.29, 1.82) is 0 Å². The minimum absolute atomic E-state index is 0. The number of nitrogens with zero attached hydrogens (tertiary/aromatic N) is 3. The van der Waals surface area contributed by atoms with Gasteiger partial charge in [0.05, 0.1) is 25.0 Å². The quantitative estimate of drug-likeness (QED) is 0.0369. The number of ketones is 1. The molecule has 284 valence electrons. The number of anilines is 2. The number of nitrogens with one attached hydrogen (secondary N) is 4. The predicted octanol–water partition coefficient (Wildman–Crippen LogP) is -5.85. The number of carboxylic acids is 3. The van der Waals surface area contributed by atoms with Crippen LogP contribution in [0.2, 0.25) is 0 Å². The van der Waals surface area contributed by atoms with Gasteiger partial charge < -0.3 is 57.1 Å². The van der Waals surface area contributed by atoms with Crippen LogP contribution in [0.15, 0.2) is 35.3 Å². The number of aliphatic hydroxyl groups is 3. The molecule has 21 nitrogen and oxygen atoms in total. The summed E-state index contributed by atoms with van der Waals surface area (Å²) in [5.41, 5.74) is 5.63. The molecule has 0 aliphatic heterocycles. The fraction of sp³-hybridized carbons (Fsp3) is 0.419. The van der Waals surface area contributed by atoms with Gasteiger partial charge in [0.15, 0.2) is 16.9 Å². The van der Waals surface area contributed by atoms with E-state index in [9.17, 15) is 43.8 Å². The van der Waals surface area contributed by atoms with Crippen LogP contribution >= 0.6 is 0 Å². The molecule has 0 aliphatic rings. The predicted molar refractivity (Wildman–Crippen MR) is 179 cm³/mol. The van der Waals surface area contributed by atoms with Crippen molar-refractivity contribution in [2.75, 3.05) is 30.8 Å². The second kappa shape index (κ2) is 23.5. The van der Waals surface area contributed by atoms with Gasteiger partial charge in [-0.15, -0.1) is 0 Å². The third-order valence-corrected chi connectivity index (χ3v) is 6.67. The van der Waals surface area contributed by atoms with Crippen LogP contribution in [-0.2, 0) is 30.5 Å². The fourth-order valence-corrected chi connectivity index (χ4v) is 3.58. The average Bonchev–Trinajstić information content (AvgIpc) is 3.09. The maximum absolute atomic E-state index is 12.3. The Bertz CT molecular complexity index is 1760. The first-order chi connectivity index (χ1) is 24.3. The van der Waals surface area contributed by atoms with E-state index in [0.717, 1.165) is 6.92 Å². The van der Waals surface area contributed by atoms with Crippen LogP contribution in [0, 0.1) is 5.41 Å². The zero-order valence-electron chi connectivity index (χ0n) is 29.4. The number of amides is 2. The van der Waals surface area contributed by atoms with Crippen LogP contribution in [0.3, 0.4) is 0 Å². The molecule has 0 fully saturated rings. The molecule has 0 aliphatic carbocycles. The molecule has 22 heteroatoms. The van der Waals surface area contributed by atoms with Gasteiger partial charge in [-0.05, 0) is 37.1 Å². The number of aliphatic carboxylic acids is 3. The standard InChI is InChI=1S/C19H19N7O6.C9H19NO4.C3H4O3.Na/c20-19-25-15-14(17(30)26-19)23-11(8-22-15)7-21-10-3-1-9(2-4-10)16(29)24-12(18(31)32)5-6-13(27)28;1-9(2,6-12)7(13)8(14)10-4-3-5-11;1-2(4)3(5)6;/h1-4,8,12,21H,5-7H2,(H,24,29)(H,27,28)(H,31,32)(H3,20,22,25,26,30);7,11-13H,3-6H2,1-2H3,(H,10,14);1H3,(H,5,6);/q;;;+1/p-1. The van der Waals surface area contributed by atoms with Crippen molar-refractivity contribution >= 4 is 58.3 Å². The number of aliphatic hydroxyl groups excluding tert-OH is 3. The zero-order chi connectivity index (χ0) is 39.6. The van der Waals surface area contributed by atoms with Crippen LogP contribution in [0.25, 0.3) is 11.2 Å². The van der Waals surface area contributed by atoms with Gasteiger partial charge >= 0.3 is 41.5 Å². The van der Waals surface area contributed by atoms with Crippen LogP contribution in [0.5, 0.6) is 0 Å². The number of carbonyl (C=O) groups excluding carboxylic acids is 4. The summed E-state index contributed by atoms with van der Waals surface area (Å²) in [5.74, 6) is -6.24. The monoisotopic (exact) mass is 756 g/mol. The summed E-state index contributed by atoms with van der Waals surface area (Å²) < 4.78 is 0. The molecule has 0 radical (unpaired) electrons. The maximum atomic E-state index is 12.3. The molecule has 2 atom stereocenters. The summed E-state index contributed by atoms with van der Waals surface area (Å²) in [4.78, 5) is 90.5. The van der Waals surface area contributed by atoms with Crippen molar-refractivity contribution < 1.29 is 89.0 Å². The van der Waals surface area contributed by atoms with E-state index in [1.165, 1.54) is 18.3 Å². The number of fused-ring (bicyclic) bond motifs is 1. The fourth-order valence-electron chi connectivity index (χ4n) is 3.58. The second-order valence-corrected chi connectivity index (χ2v) is 11.5. The van der Waals surface area contributed by atoms with E-state index in [0.29, 0.717) is 24.3 Å². The molecule has 2 aromatic heterocycles. The van der Waals surface area contributed by atoms with Crippen LogP contribution in [0.1, 0.15) is 56.1 Å². The van der Waals surface area contributed by atoms with Gasteiger partial charge in [0.25, 0.3) is 11.5 Å². The van der Waals surface area contributed by atoms with E-state index in [2.05, 4.69) is 35.9 Å². The maximum Gasteiger partial charge on any atom is 1.00 e. The van der Waals surface area contributed by atoms with E-state index in [1.54, 1.807) is 26.0 Å². The van der Waals surface area contributed by atoms with Gasteiger partial charge in [-0.3, -0.25) is 29.0 Å². The van der Waals surface area contributed by atoms with Crippen molar-refractivity contribution in [3.05, 3.63) is 52.1 Å². The molecule has 3 aromatic rings. The van der Waals surface area contributed by atoms with E-state index in [4.69, 9.17) is 26.2 Å². The van der Waals surface area contributed by atoms with Crippen molar-refractivity contribution in [2.45, 2.75) is 58.7 Å². The number of carboxylic acid groups (broad SMARTS) is 3. The smallest absolute Gasteiger partial charge is 0.542 e. The van der Waals surface area contributed by atoms with Gasteiger partial charge in [0, 0.05) is 43.2 Å². The Balaban J connectivity index is 0.00000107. The van der Waals surface area contributed by atoms with Crippen molar-refractivity contribution in [3.8, 4) is 0 Å². The second-order valence-electron chi connectivity index (χ2n) is 11.5. The van der Waals surface area contributed by atoms with Crippen LogP contribution in [0.4, 0.5) is 11.6 Å². The summed E-state index contributed by atoms with van der Waals surface area (Å²) in [6.45, 7) is 4.44. The van der Waals surface area contributed by atoms with E-state index < -0.39 is 58.6 Å². The molecule has 0 bridgehead atoms. The molecule has 3 rings (SSSR count). The number of Topliss-reactive ketones (excluding diaryl/α,β-unsaturated/α-hetero) is 1.